The van der Waals surface area contributed by atoms with Crippen molar-refractivity contribution in [2.45, 2.75) is 33.0 Å². The van der Waals surface area contributed by atoms with Crippen LogP contribution in [0.3, 0.4) is 0 Å². The molecule has 0 spiro atoms. The minimum absolute atomic E-state index is 0.156. The van der Waals surface area contributed by atoms with Gasteiger partial charge < -0.3 is 9.84 Å². The number of aromatic nitrogens is 2. The van der Waals surface area contributed by atoms with Crippen LogP contribution in [0.4, 0.5) is 4.39 Å². The van der Waals surface area contributed by atoms with E-state index in [9.17, 15) is 9.50 Å². The summed E-state index contributed by atoms with van der Waals surface area (Å²) in [4.78, 5) is 0. The zero-order valence-electron chi connectivity index (χ0n) is 13.9. The predicted octanol–water partition coefficient (Wildman–Crippen LogP) is 2.84. The molecule has 1 N–H and O–H groups in total. The number of halogens is 1. The normalized spacial score (nSPS) is 12.5. The summed E-state index contributed by atoms with van der Waals surface area (Å²) in [5.74, 6) is 1.34. The first-order chi connectivity index (χ1) is 11.6. The van der Waals surface area contributed by atoms with Crippen LogP contribution in [0.2, 0.25) is 0 Å². The lowest BCUT2D eigenvalue weighted by molar-refractivity contribution is -0.685. The fourth-order valence-corrected chi connectivity index (χ4v) is 3.03. The first kappa shape index (κ1) is 16.5. The fraction of sp³-hybridized carbons (Fsp3) is 0.316. The van der Waals surface area contributed by atoms with Crippen LogP contribution in [0.1, 0.15) is 12.7 Å². The molecule has 3 aromatic rings. The molecule has 1 aromatic heterocycles. The highest BCUT2D eigenvalue weighted by Crippen LogP contribution is 2.15. The van der Waals surface area contributed by atoms with Gasteiger partial charge in [-0.05, 0) is 43.3 Å². The fourth-order valence-electron chi connectivity index (χ4n) is 3.03. The second kappa shape index (κ2) is 7.01. The highest BCUT2D eigenvalue weighted by molar-refractivity contribution is 5.72. The number of imidazole rings is 1. The molecule has 0 radical (unpaired) electrons. The Morgan fingerprint density at radius 3 is 2.58 bits per heavy atom. The van der Waals surface area contributed by atoms with Gasteiger partial charge in [0.15, 0.2) is 11.0 Å². The molecule has 0 aliphatic heterocycles. The largest absolute Gasteiger partial charge is 0.491 e. The highest BCUT2D eigenvalue weighted by atomic mass is 19.1. The third-order valence-corrected chi connectivity index (χ3v) is 4.21. The van der Waals surface area contributed by atoms with Crippen molar-refractivity contribution in [2.75, 3.05) is 6.61 Å². The lowest BCUT2D eigenvalue weighted by Crippen LogP contribution is -2.44. The number of hydrogen-bond acceptors (Lipinski definition) is 2. The van der Waals surface area contributed by atoms with E-state index in [-0.39, 0.29) is 12.4 Å². The van der Waals surface area contributed by atoms with E-state index in [4.69, 9.17) is 4.74 Å². The van der Waals surface area contributed by atoms with Crippen molar-refractivity contribution >= 4 is 11.0 Å². The Labute approximate surface area is 140 Å². The van der Waals surface area contributed by atoms with Crippen LogP contribution in [-0.2, 0) is 13.1 Å². The van der Waals surface area contributed by atoms with Gasteiger partial charge in [-0.2, -0.15) is 0 Å². The zero-order chi connectivity index (χ0) is 17.1. The van der Waals surface area contributed by atoms with E-state index in [1.807, 2.05) is 12.1 Å². The summed E-state index contributed by atoms with van der Waals surface area (Å²) in [6.45, 7) is 5.64. The summed E-state index contributed by atoms with van der Waals surface area (Å²) in [7, 11) is 0. The molecule has 0 fully saturated rings. The highest BCUT2D eigenvalue weighted by Gasteiger charge is 2.22. The second-order valence-corrected chi connectivity index (χ2v) is 5.81. The average molecular weight is 329 g/mol. The number of rotatable bonds is 6. The summed E-state index contributed by atoms with van der Waals surface area (Å²) >= 11 is 0. The van der Waals surface area contributed by atoms with Crippen LogP contribution >= 0.6 is 0 Å². The maximum atomic E-state index is 12.9. The maximum Gasteiger partial charge on any atom is 0.254 e. The predicted molar refractivity (Wildman–Crippen MR) is 90.4 cm³/mol. The molecule has 1 atom stereocenters. The minimum Gasteiger partial charge on any atom is -0.491 e. The van der Waals surface area contributed by atoms with Crippen molar-refractivity contribution in [3.05, 3.63) is 60.2 Å². The molecular weight excluding hydrogens is 307 g/mol. The van der Waals surface area contributed by atoms with Gasteiger partial charge in [0.1, 0.15) is 30.8 Å². The molecule has 0 aliphatic rings. The van der Waals surface area contributed by atoms with E-state index >= 15 is 0 Å². The summed E-state index contributed by atoms with van der Waals surface area (Å²) in [5, 5.41) is 10.4. The Balaban J connectivity index is 1.74. The Kier molecular flexibility index (Phi) is 4.81. The van der Waals surface area contributed by atoms with Crippen LogP contribution in [0.15, 0.2) is 48.5 Å². The van der Waals surface area contributed by atoms with Gasteiger partial charge in [0.05, 0.1) is 6.54 Å². The Bertz CT molecular complexity index is 827. The van der Waals surface area contributed by atoms with Crippen LogP contribution in [0.5, 0.6) is 5.75 Å². The van der Waals surface area contributed by atoms with Gasteiger partial charge in [-0.3, -0.25) is 0 Å². The summed E-state index contributed by atoms with van der Waals surface area (Å²) in [6, 6.07) is 14.0. The van der Waals surface area contributed by atoms with E-state index in [2.05, 4.69) is 35.1 Å². The topological polar surface area (TPSA) is 38.3 Å². The van der Waals surface area contributed by atoms with E-state index in [0.717, 1.165) is 23.4 Å². The third kappa shape index (κ3) is 3.26. The molecule has 1 unspecified atom stereocenters. The van der Waals surface area contributed by atoms with Gasteiger partial charge in [-0.15, -0.1) is 0 Å². The van der Waals surface area contributed by atoms with E-state index < -0.39 is 6.10 Å². The quantitative estimate of drug-likeness (QED) is 0.706. The van der Waals surface area contributed by atoms with E-state index in [0.29, 0.717) is 12.3 Å². The average Bonchev–Trinajstić information content (AvgIpc) is 2.86. The van der Waals surface area contributed by atoms with Gasteiger partial charge in [-0.25, -0.2) is 13.5 Å². The molecule has 0 saturated heterocycles. The monoisotopic (exact) mass is 329 g/mol. The number of hydrogen-bond donors (Lipinski definition) is 1. The number of aliphatic hydroxyl groups excluding tert-OH is 1. The number of aryl methyl sites for hydroxylation is 1. The van der Waals surface area contributed by atoms with Gasteiger partial charge in [0.2, 0.25) is 0 Å². The van der Waals surface area contributed by atoms with E-state index in [1.165, 1.54) is 12.1 Å². The molecule has 1 heterocycles. The Hall–Kier alpha value is -2.40. The van der Waals surface area contributed by atoms with Gasteiger partial charge >= 0.3 is 0 Å². The Morgan fingerprint density at radius 1 is 1.17 bits per heavy atom. The molecule has 5 heteroatoms. The van der Waals surface area contributed by atoms with Crippen molar-refractivity contribution in [2.24, 2.45) is 0 Å². The third-order valence-electron chi connectivity index (χ3n) is 4.21. The van der Waals surface area contributed by atoms with Crippen molar-refractivity contribution in [3.8, 4) is 5.75 Å². The number of nitrogens with zero attached hydrogens (tertiary/aromatic N) is 2. The van der Waals surface area contributed by atoms with Crippen molar-refractivity contribution < 1.29 is 18.8 Å². The molecule has 24 heavy (non-hydrogen) atoms. The lowest BCUT2D eigenvalue weighted by atomic mass is 10.3. The standard InChI is InChI=1S/C19H22FN2O2/c1-3-21-14(2)22(19-7-5-4-6-18(19)21)12-16(23)13-24-17-10-8-15(20)9-11-17/h4-11,16,23H,3,12-13H2,1-2H3/q+1. The van der Waals surface area contributed by atoms with Crippen molar-refractivity contribution in [1.29, 1.82) is 0 Å². The molecule has 0 amide bonds. The molecule has 0 bridgehead atoms. The van der Waals surface area contributed by atoms with Crippen molar-refractivity contribution in [1.82, 2.24) is 4.57 Å². The molecule has 4 nitrogen and oxygen atoms in total. The maximum absolute atomic E-state index is 12.9. The summed E-state index contributed by atoms with van der Waals surface area (Å²) < 4.78 is 22.8. The van der Waals surface area contributed by atoms with Gasteiger partial charge in [0, 0.05) is 6.92 Å². The number of benzene rings is 2. The van der Waals surface area contributed by atoms with Crippen LogP contribution in [-0.4, -0.2) is 22.4 Å². The number of para-hydroxylation sites is 2. The second-order valence-electron chi connectivity index (χ2n) is 5.81. The van der Waals surface area contributed by atoms with Crippen LogP contribution in [0, 0.1) is 12.7 Å². The first-order valence-electron chi connectivity index (χ1n) is 8.14. The SMILES string of the molecule is CCn1c(C)[n+](CC(O)COc2ccc(F)cc2)c2ccccc21. The molecule has 0 saturated carbocycles. The number of ether oxygens (including phenoxy) is 1. The lowest BCUT2D eigenvalue weighted by Gasteiger charge is -2.11. The van der Waals surface area contributed by atoms with E-state index in [1.54, 1.807) is 12.1 Å². The van der Waals surface area contributed by atoms with Crippen molar-refractivity contribution in [3.63, 3.8) is 0 Å². The molecule has 0 aliphatic carbocycles. The smallest absolute Gasteiger partial charge is 0.254 e. The molecule has 2 aromatic carbocycles. The van der Waals surface area contributed by atoms with Gasteiger partial charge in [0.25, 0.3) is 5.82 Å². The first-order valence-corrected chi connectivity index (χ1v) is 8.14. The molecule has 3 rings (SSSR count). The molecular formula is C19H22FN2O2+. The number of fused-ring (bicyclic) bond motifs is 1. The zero-order valence-corrected chi connectivity index (χ0v) is 13.9. The summed E-state index contributed by atoms with van der Waals surface area (Å²) in [6.07, 6.45) is -0.658. The van der Waals surface area contributed by atoms with Gasteiger partial charge in [-0.1, -0.05) is 12.1 Å². The summed E-state index contributed by atoms with van der Waals surface area (Å²) in [5.41, 5.74) is 2.25. The Morgan fingerprint density at radius 2 is 1.88 bits per heavy atom. The van der Waals surface area contributed by atoms with Crippen LogP contribution < -0.4 is 9.30 Å². The molecule has 126 valence electrons. The minimum atomic E-state index is -0.658. The van der Waals surface area contributed by atoms with Crippen LogP contribution in [0.25, 0.3) is 11.0 Å². The number of aliphatic hydroxyl groups is 1.